The van der Waals surface area contributed by atoms with Gasteiger partial charge in [-0.25, -0.2) is 15.0 Å². The van der Waals surface area contributed by atoms with Crippen molar-refractivity contribution in [2.75, 3.05) is 14.2 Å². The predicted octanol–water partition coefficient (Wildman–Crippen LogP) is -0.863. The Morgan fingerprint density at radius 1 is 1.19 bits per heavy atom. The molecule has 0 spiro atoms. The molecule has 3 N–H and O–H groups in total. The van der Waals surface area contributed by atoms with Gasteiger partial charge in [0, 0.05) is 6.42 Å². The second-order valence-corrected chi connectivity index (χ2v) is 2.60. The largest absolute Gasteiger partial charge is 0.469 e. The normalized spacial score (nSPS) is 10.5. The third kappa shape index (κ3) is 5.58. The van der Waals surface area contributed by atoms with Crippen LogP contribution in [-0.2, 0) is 19.1 Å². The van der Waals surface area contributed by atoms with Crippen LogP contribution in [0.15, 0.2) is 5.10 Å². The van der Waals surface area contributed by atoms with Crippen molar-refractivity contribution < 1.29 is 23.9 Å². The number of primary amides is 1. The summed E-state index contributed by atoms with van der Waals surface area (Å²) >= 11 is 0. The number of hydrazone groups is 1. The standard InChI is InChI=1S/C8H13N3O5/c1-15-6(12)4-3-5(7(13)16-2)10-11-8(9)14/h3-4H2,1-2H3,(H3,9,11,14)/b10-5-. The lowest BCUT2D eigenvalue weighted by Gasteiger charge is -2.03. The van der Waals surface area contributed by atoms with Crippen molar-refractivity contribution in [2.45, 2.75) is 12.8 Å². The van der Waals surface area contributed by atoms with Gasteiger partial charge in [-0.1, -0.05) is 0 Å². The summed E-state index contributed by atoms with van der Waals surface area (Å²) in [4.78, 5) is 32.3. The van der Waals surface area contributed by atoms with E-state index in [0.29, 0.717) is 0 Å². The van der Waals surface area contributed by atoms with Crippen LogP contribution in [0, 0.1) is 0 Å². The topological polar surface area (TPSA) is 120 Å². The summed E-state index contributed by atoms with van der Waals surface area (Å²) in [5, 5.41) is 3.41. The monoisotopic (exact) mass is 231 g/mol. The first-order chi connectivity index (χ1) is 7.51. The molecule has 0 bridgehead atoms. The van der Waals surface area contributed by atoms with E-state index in [4.69, 9.17) is 5.73 Å². The van der Waals surface area contributed by atoms with Crippen molar-refractivity contribution in [1.29, 1.82) is 0 Å². The molecular formula is C8H13N3O5. The number of ether oxygens (including phenoxy) is 2. The van der Waals surface area contributed by atoms with Crippen LogP contribution >= 0.6 is 0 Å². The lowest BCUT2D eigenvalue weighted by molar-refractivity contribution is -0.140. The van der Waals surface area contributed by atoms with E-state index in [1.54, 1.807) is 0 Å². The number of hydrogen-bond donors (Lipinski definition) is 2. The van der Waals surface area contributed by atoms with Crippen molar-refractivity contribution in [1.82, 2.24) is 5.43 Å². The molecule has 2 amide bonds. The smallest absolute Gasteiger partial charge is 0.354 e. The molecular weight excluding hydrogens is 218 g/mol. The van der Waals surface area contributed by atoms with Gasteiger partial charge in [0.1, 0.15) is 5.71 Å². The number of carbonyl (C=O) groups is 3. The van der Waals surface area contributed by atoms with Gasteiger partial charge in [0.15, 0.2) is 0 Å². The minimum Gasteiger partial charge on any atom is -0.469 e. The summed E-state index contributed by atoms with van der Waals surface area (Å²) in [6.45, 7) is 0. The van der Waals surface area contributed by atoms with Crippen molar-refractivity contribution in [3.05, 3.63) is 0 Å². The molecule has 0 aliphatic carbocycles. The quantitative estimate of drug-likeness (QED) is 0.362. The van der Waals surface area contributed by atoms with Crippen LogP contribution in [0.3, 0.4) is 0 Å². The Bertz CT molecular complexity index is 313. The fourth-order valence-electron chi connectivity index (χ4n) is 0.767. The van der Waals surface area contributed by atoms with Gasteiger partial charge in [0.05, 0.1) is 20.6 Å². The van der Waals surface area contributed by atoms with Crippen molar-refractivity contribution in [2.24, 2.45) is 10.8 Å². The molecule has 16 heavy (non-hydrogen) atoms. The fraction of sp³-hybridized carbons (Fsp3) is 0.500. The van der Waals surface area contributed by atoms with Gasteiger partial charge in [-0.05, 0) is 0 Å². The van der Waals surface area contributed by atoms with Crippen molar-refractivity contribution in [3.63, 3.8) is 0 Å². The van der Waals surface area contributed by atoms with Gasteiger partial charge in [-0.2, -0.15) is 5.10 Å². The highest BCUT2D eigenvalue weighted by molar-refractivity contribution is 6.36. The molecule has 0 rings (SSSR count). The van der Waals surface area contributed by atoms with Crippen LogP contribution in [0.4, 0.5) is 4.79 Å². The molecule has 0 heterocycles. The zero-order chi connectivity index (χ0) is 12.6. The fourth-order valence-corrected chi connectivity index (χ4v) is 0.767. The highest BCUT2D eigenvalue weighted by Crippen LogP contribution is 1.97. The summed E-state index contributed by atoms with van der Waals surface area (Å²) in [5.41, 5.74) is 6.52. The number of nitrogens with two attached hydrogens (primary N) is 1. The van der Waals surface area contributed by atoms with Crippen LogP contribution < -0.4 is 11.2 Å². The first-order valence-corrected chi connectivity index (χ1v) is 4.28. The van der Waals surface area contributed by atoms with Crippen LogP contribution in [-0.4, -0.2) is 37.9 Å². The minimum atomic E-state index is -0.917. The number of esters is 2. The van der Waals surface area contributed by atoms with Crippen LogP contribution in [0.5, 0.6) is 0 Å². The lowest BCUT2D eigenvalue weighted by atomic mass is 10.2. The third-order valence-electron chi connectivity index (χ3n) is 1.52. The molecule has 8 heteroatoms. The molecule has 0 aliphatic rings. The molecule has 0 fully saturated rings. The molecule has 0 aromatic rings. The van der Waals surface area contributed by atoms with Gasteiger partial charge in [-0.3, -0.25) is 4.79 Å². The molecule has 8 nitrogen and oxygen atoms in total. The van der Waals surface area contributed by atoms with E-state index in [1.807, 2.05) is 5.43 Å². The molecule has 0 aromatic heterocycles. The van der Waals surface area contributed by atoms with Gasteiger partial charge in [0.2, 0.25) is 0 Å². The number of methoxy groups -OCH3 is 2. The van der Waals surface area contributed by atoms with E-state index < -0.39 is 18.0 Å². The Morgan fingerprint density at radius 3 is 2.25 bits per heavy atom. The number of nitrogens with zero attached hydrogens (tertiary/aromatic N) is 1. The average Bonchev–Trinajstić information content (AvgIpc) is 2.27. The summed E-state index contributed by atoms with van der Waals surface area (Å²) in [6.07, 6.45) is -0.0650. The number of hydrogen-bond acceptors (Lipinski definition) is 6. The average molecular weight is 231 g/mol. The van der Waals surface area contributed by atoms with E-state index in [-0.39, 0.29) is 18.6 Å². The third-order valence-corrected chi connectivity index (χ3v) is 1.52. The van der Waals surface area contributed by atoms with Gasteiger partial charge < -0.3 is 15.2 Å². The Hall–Kier alpha value is -2.12. The van der Waals surface area contributed by atoms with Crippen LogP contribution in [0.1, 0.15) is 12.8 Å². The zero-order valence-electron chi connectivity index (χ0n) is 8.98. The van der Waals surface area contributed by atoms with E-state index in [0.717, 1.165) is 7.11 Å². The van der Waals surface area contributed by atoms with Crippen molar-refractivity contribution >= 4 is 23.7 Å². The Labute approximate surface area is 91.8 Å². The van der Waals surface area contributed by atoms with Gasteiger partial charge >= 0.3 is 18.0 Å². The van der Waals surface area contributed by atoms with Gasteiger partial charge in [-0.15, -0.1) is 0 Å². The highest BCUT2D eigenvalue weighted by Gasteiger charge is 2.14. The summed E-state index contributed by atoms with van der Waals surface area (Å²) in [6, 6.07) is -0.917. The Balaban J connectivity index is 4.43. The molecule has 0 radical (unpaired) electrons. The number of carbonyl (C=O) groups excluding carboxylic acids is 3. The molecule has 90 valence electrons. The number of nitrogens with one attached hydrogen (secondary N) is 1. The zero-order valence-corrected chi connectivity index (χ0v) is 8.98. The first-order valence-electron chi connectivity index (χ1n) is 4.28. The number of rotatable bonds is 5. The molecule has 0 unspecified atom stereocenters. The maximum Gasteiger partial charge on any atom is 0.354 e. The summed E-state index contributed by atoms with van der Waals surface area (Å²) < 4.78 is 8.78. The molecule has 0 aromatic carbocycles. The SMILES string of the molecule is COC(=O)CC/C(=N/NC(N)=O)C(=O)OC. The van der Waals surface area contributed by atoms with Crippen LogP contribution in [0.25, 0.3) is 0 Å². The van der Waals surface area contributed by atoms with E-state index >= 15 is 0 Å². The van der Waals surface area contributed by atoms with Crippen molar-refractivity contribution in [3.8, 4) is 0 Å². The first kappa shape index (κ1) is 13.9. The summed E-state index contributed by atoms with van der Waals surface area (Å²) in [5.74, 6) is -1.26. The molecule has 0 atom stereocenters. The number of urea groups is 1. The lowest BCUT2D eigenvalue weighted by Crippen LogP contribution is -2.28. The molecule has 0 saturated heterocycles. The van der Waals surface area contributed by atoms with E-state index in [1.165, 1.54) is 7.11 Å². The number of amides is 2. The Morgan fingerprint density at radius 2 is 1.81 bits per heavy atom. The molecule has 0 aliphatic heterocycles. The van der Waals surface area contributed by atoms with E-state index in [2.05, 4.69) is 14.6 Å². The Kier molecular flexibility index (Phi) is 6.25. The van der Waals surface area contributed by atoms with Gasteiger partial charge in [0.25, 0.3) is 0 Å². The minimum absolute atomic E-state index is 0.0143. The molecule has 0 saturated carbocycles. The maximum atomic E-state index is 11.1. The maximum absolute atomic E-state index is 11.1. The summed E-state index contributed by atoms with van der Waals surface area (Å²) in [7, 11) is 2.37. The van der Waals surface area contributed by atoms with Crippen LogP contribution in [0.2, 0.25) is 0 Å². The second-order valence-electron chi connectivity index (χ2n) is 2.60. The predicted molar refractivity (Wildman–Crippen MR) is 53.4 cm³/mol. The second kappa shape index (κ2) is 7.21. The van der Waals surface area contributed by atoms with E-state index in [9.17, 15) is 14.4 Å². The highest BCUT2D eigenvalue weighted by atomic mass is 16.5.